The fourth-order valence-electron chi connectivity index (χ4n) is 8.22. The number of nitrogens with zero attached hydrogens (tertiary/aromatic N) is 4. The molecule has 6 amide bonds. The molecule has 27 nitrogen and oxygen atoms in total. The Bertz CT molecular complexity index is 3720. The van der Waals surface area contributed by atoms with Gasteiger partial charge in [0.25, 0.3) is 23.6 Å². The van der Waals surface area contributed by atoms with Crippen molar-refractivity contribution in [1.29, 1.82) is 0 Å². The van der Waals surface area contributed by atoms with Gasteiger partial charge in [0.2, 0.25) is 0 Å². The van der Waals surface area contributed by atoms with Crippen molar-refractivity contribution in [1.82, 2.24) is 18.3 Å². The number of amides is 6. The van der Waals surface area contributed by atoms with Gasteiger partial charge in [0.05, 0.1) is 44.0 Å². The number of hydrogen-bond acceptors (Lipinski definition) is 9. The number of carbonyl (C=O) groups excluding carboxylic acids is 5. The molecule has 0 unspecified atom stereocenters. The normalized spacial score (nSPS) is 12.0. The molecular formula is C45H44N10NaO17P4+. The molecule has 0 spiro atoms. The maximum absolute atomic E-state index is 13.5. The summed E-state index contributed by atoms with van der Waals surface area (Å²) in [5, 5.41) is 13.6. The van der Waals surface area contributed by atoms with Crippen molar-refractivity contribution in [2.45, 2.75) is 0 Å². The first kappa shape index (κ1) is 58.0. The van der Waals surface area contributed by atoms with Crippen molar-refractivity contribution in [3.63, 3.8) is 0 Å². The van der Waals surface area contributed by atoms with E-state index in [0.29, 0.717) is 0 Å². The van der Waals surface area contributed by atoms with Gasteiger partial charge in [-0.2, -0.15) is 0 Å². The first-order chi connectivity index (χ1) is 35.3. The second-order valence-electron chi connectivity index (χ2n) is 17.2. The van der Waals surface area contributed by atoms with Crippen LogP contribution in [0.1, 0.15) is 42.0 Å². The summed E-state index contributed by atoms with van der Waals surface area (Å²) < 4.78 is 54.0. The molecule has 0 radical (unpaired) electrons. The first-order valence-corrected chi connectivity index (χ1v) is 28.2. The Kier molecular flexibility index (Phi) is 16.3. The summed E-state index contributed by atoms with van der Waals surface area (Å²) in [5.74, 6) is -2.69. The number of hydrogen-bond donors (Lipinski definition) is 14. The third kappa shape index (κ3) is 12.7. The average Bonchev–Trinajstić information content (AvgIpc) is 4.08. The monoisotopic (exact) mass is 1140 g/mol. The summed E-state index contributed by atoms with van der Waals surface area (Å²) in [7, 11) is -13.4. The number of aryl methyl sites for hydroxylation is 4. The van der Waals surface area contributed by atoms with Gasteiger partial charge in [-0.15, -0.1) is 0 Å². The standard InChI is InChI=1S/C45H44N10O17P4.Na/c1-52-19-23(13-37(52)43(58)50-33-9-11-39(75(67,68)69)31-17-27(73(61,62)63)5-7-29(31)33)46-41(56)35-15-25(21-54(35)3)48-45(60)49-26-16-36(55(4)22-26)42(57)47-24-14-38(53(2)20-24)44(59)51-34-10-12-40(76(70,71)72)32-18-28(74(64,65)66)6-8-30(32)34;/h5-22H,1-4H3,(H,46,56)(H,47,57)(H,50,58)(H,51,59)(H2,48,49,60)(H2,61,62,63)(H2,64,65,66)(H2,67,68,69)(H2,70,71,72);/q;+1. The van der Waals surface area contributed by atoms with E-state index in [1.807, 2.05) is 0 Å². The van der Waals surface area contributed by atoms with Gasteiger partial charge in [-0.25, -0.2) is 4.79 Å². The Hall–Kier alpha value is -6.73. The van der Waals surface area contributed by atoms with E-state index in [9.17, 15) is 81.4 Å². The fourth-order valence-corrected chi connectivity index (χ4v) is 10.9. The van der Waals surface area contributed by atoms with Crippen molar-refractivity contribution in [2.75, 3.05) is 31.9 Å². The molecule has 0 saturated carbocycles. The molecular weight excluding hydrogens is 1100 g/mol. The topological polar surface area (TPSA) is 407 Å². The number of anilines is 6. The number of rotatable bonds is 14. The quantitative estimate of drug-likeness (QED) is 0.0511. The Morgan fingerprint density at radius 3 is 0.935 bits per heavy atom. The molecule has 0 aliphatic rings. The van der Waals surface area contributed by atoms with Crippen LogP contribution in [0.3, 0.4) is 0 Å². The minimum atomic E-state index is -4.93. The van der Waals surface area contributed by atoms with E-state index in [1.165, 1.54) is 106 Å². The second kappa shape index (κ2) is 21.6. The summed E-state index contributed by atoms with van der Waals surface area (Å²) in [5.41, 5.74) is 1.13. The number of carbonyl (C=O) groups is 5. The maximum atomic E-state index is 13.5. The molecule has 8 aromatic rings. The van der Waals surface area contributed by atoms with E-state index >= 15 is 0 Å². The minimum Gasteiger partial charge on any atom is -0.344 e. The van der Waals surface area contributed by atoms with E-state index in [0.717, 1.165) is 36.4 Å². The van der Waals surface area contributed by atoms with Gasteiger partial charge in [-0.1, -0.05) is 12.1 Å². The Labute approximate surface area is 456 Å². The number of nitrogens with one attached hydrogen (secondary N) is 6. The molecule has 4 aromatic heterocycles. The SMILES string of the molecule is Cn1cc(NC(=O)Nc2cc(C(=O)Nc3cc(C(=O)Nc4ccc(P(=O)(O)O)c5cc(P(=O)(O)O)ccc45)n(C)c3)n(C)c2)cc1C(=O)Nc1cc(C(=O)Nc2ccc(P(=O)(O)O)c3cc(P(=O)(O)O)ccc23)n(C)c1.[Na+]. The number of benzene rings is 4. The molecule has 8 rings (SSSR count). The van der Waals surface area contributed by atoms with Crippen molar-refractivity contribution >= 4 is 137 Å². The van der Waals surface area contributed by atoms with Crippen molar-refractivity contribution in [2.24, 2.45) is 28.2 Å². The van der Waals surface area contributed by atoms with Gasteiger partial charge in [0, 0.05) is 85.9 Å². The van der Waals surface area contributed by atoms with Crippen molar-refractivity contribution < 1.29 is 111 Å². The summed E-state index contributed by atoms with van der Waals surface area (Å²) >= 11 is 0. The van der Waals surface area contributed by atoms with Crippen LogP contribution in [0, 0.1) is 0 Å². The van der Waals surface area contributed by atoms with E-state index in [1.54, 1.807) is 14.1 Å². The van der Waals surface area contributed by atoms with Crippen LogP contribution in [-0.4, -0.2) is 87.1 Å². The summed E-state index contributed by atoms with van der Waals surface area (Å²) in [6.45, 7) is 0. The molecule has 32 heteroatoms. The third-order valence-electron chi connectivity index (χ3n) is 11.7. The van der Waals surface area contributed by atoms with Gasteiger partial charge in [0.15, 0.2) is 0 Å². The van der Waals surface area contributed by atoms with Crippen LogP contribution in [0.25, 0.3) is 21.5 Å². The van der Waals surface area contributed by atoms with Crippen LogP contribution in [0.4, 0.5) is 38.9 Å². The van der Waals surface area contributed by atoms with Crippen molar-refractivity contribution in [3.8, 4) is 0 Å². The van der Waals surface area contributed by atoms with Crippen LogP contribution in [0.5, 0.6) is 0 Å². The van der Waals surface area contributed by atoms with Crippen LogP contribution < -0.4 is 82.7 Å². The molecule has 0 fully saturated rings. The zero-order valence-electron chi connectivity index (χ0n) is 40.7. The second-order valence-corrected chi connectivity index (χ2v) is 23.5. The van der Waals surface area contributed by atoms with Crippen LogP contribution in [0.2, 0.25) is 0 Å². The van der Waals surface area contributed by atoms with Gasteiger partial charge in [-0.05, 0) is 72.8 Å². The van der Waals surface area contributed by atoms with Crippen LogP contribution in [0.15, 0.2) is 110 Å². The molecule has 0 saturated heterocycles. The van der Waals surface area contributed by atoms with Gasteiger partial charge in [0.1, 0.15) is 22.8 Å². The Morgan fingerprint density at radius 1 is 0.364 bits per heavy atom. The van der Waals surface area contributed by atoms with Crippen LogP contribution >= 0.6 is 30.4 Å². The zero-order valence-corrected chi connectivity index (χ0v) is 46.3. The molecule has 4 aromatic carbocycles. The zero-order chi connectivity index (χ0) is 55.6. The predicted octanol–water partition coefficient (Wildman–Crippen LogP) is 0.216. The summed E-state index contributed by atoms with van der Waals surface area (Å²) in [6.07, 6.45) is 5.79. The first-order valence-electron chi connectivity index (χ1n) is 21.7. The van der Waals surface area contributed by atoms with E-state index in [2.05, 4.69) is 31.9 Å². The molecule has 77 heavy (non-hydrogen) atoms. The predicted molar refractivity (Wildman–Crippen MR) is 281 cm³/mol. The Morgan fingerprint density at radius 2 is 0.649 bits per heavy atom. The molecule has 0 atom stereocenters. The molecule has 396 valence electrons. The molecule has 0 bridgehead atoms. The fraction of sp³-hybridized carbons (Fsp3) is 0.0889. The Balaban J connectivity index is 0.00000861. The molecule has 14 N–H and O–H groups in total. The van der Waals surface area contributed by atoms with Gasteiger partial charge < -0.3 is 89.3 Å². The van der Waals surface area contributed by atoms with Crippen molar-refractivity contribution in [3.05, 3.63) is 132 Å². The van der Waals surface area contributed by atoms with E-state index in [-0.39, 0.29) is 108 Å². The van der Waals surface area contributed by atoms with Crippen LogP contribution in [-0.2, 0) is 46.5 Å². The minimum absolute atomic E-state index is 0. The van der Waals surface area contributed by atoms with E-state index in [4.69, 9.17) is 0 Å². The van der Waals surface area contributed by atoms with E-state index < -0.39 is 81.3 Å². The summed E-state index contributed by atoms with van der Waals surface area (Å²) in [6, 6.07) is 15.8. The third-order valence-corrected chi connectivity index (χ3v) is 15.7. The number of urea groups is 1. The van der Waals surface area contributed by atoms with Gasteiger partial charge >= 0.3 is 66.0 Å². The average molecular weight is 1140 g/mol. The number of aromatic nitrogens is 4. The van der Waals surface area contributed by atoms with Gasteiger partial charge in [-0.3, -0.25) is 37.4 Å². The smallest absolute Gasteiger partial charge is 0.344 e. The largest absolute Gasteiger partial charge is 1.00 e. The molecule has 0 aliphatic carbocycles. The maximum Gasteiger partial charge on any atom is 1.00 e. The molecule has 0 aliphatic heterocycles. The summed E-state index contributed by atoms with van der Waals surface area (Å²) in [4.78, 5) is 145. The molecule has 4 heterocycles. The number of fused-ring (bicyclic) bond motifs is 2.